The van der Waals surface area contributed by atoms with E-state index in [9.17, 15) is 8.42 Å². The van der Waals surface area contributed by atoms with Gasteiger partial charge < -0.3 is 9.72 Å². The quantitative estimate of drug-likeness (QED) is 0.882. The number of rotatable bonds is 5. The van der Waals surface area contributed by atoms with E-state index in [-0.39, 0.29) is 6.61 Å². The van der Waals surface area contributed by atoms with Crippen molar-refractivity contribution in [3.63, 3.8) is 0 Å². The SMILES string of the molecule is O=S(=O)(NCCc1c[nH]c2ccc(Cl)cc12)[C@@H]1CCOC1. The van der Waals surface area contributed by atoms with Gasteiger partial charge in [0.15, 0.2) is 0 Å². The molecule has 0 amide bonds. The molecule has 2 heterocycles. The van der Waals surface area contributed by atoms with Gasteiger partial charge in [0.25, 0.3) is 0 Å². The van der Waals surface area contributed by atoms with Gasteiger partial charge in [-0.05, 0) is 36.6 Å². The number of aromatic amines is 1. The maximum Gasteiger partial charge on any atom is 0.216 e. The smallest absolute Gasteiger partial charge is 0.216 e. The van der Waals surface area contributed by atoms with Crippen LogP contribution >= 0.6 is 11.6 Å². The van der Waals surface area contributed by atoms with Crippen LogP contribution in [0.15, 0.2) is 24.4 Å². The van der Waals surface area contributed by atoms with Crippen LogP contribution in [-0.2, 0) is 21.2 Å². The highest BCUT2D eigenvalue weighted by atomic mass is 35.5. The third-order valence-corrected chi connectivity index (χ3v) is 5.84. The van der Waals surface area contributed by atoms with Crippen molar-refractivity contribution in [1.29, 1.82) is 0 Å². The fraction of sp³-hybridized carbons (Fsp3) is 0.429. The van der Waals surface area contributed by atoms with E-state index in [0.29, 0.717) is 31.0 Å². The van der Waals surface area contributed by atoms with Crippen LogP contribution in [0, 0.1) is 0 Å². The van der Waals surface area contributed by atoms with Gasteiger partial charge >= 0.3 is 0 Å². The van der Waals surface area contributed by atoms with Crippen LogP contribution in [0.3, 0.4) is 0 Å². The summed E-state index contributed by atoms with van der Waals surface area (Å²) in [5.74, 6) is 0. The van der Waals surface area contributed by atoms with E-state index in [4.69, 9.17) is 16.3 Å². The molecule has 1 aromatic carbocycles. The second-order valence-electron chi connectivity index (χ2n) is 5.18. The molecule has 0 saturated carbocycles. The fourth-order valence-electron chi connectivity index (χ4n) is 2.56. The second-order valence-corrected chi connectivity index (χ2v) is 7.66. The number of sulfonamides is 1. The Bertz CT molecular complexity index is 736. The molecule has 1 atom stereocenters. The largest absolute Gasteiger partial charge is 0.380 e. The van der Waals surface area contributed by atoms with E-state index < -0.39 is 15.3 Å². The topological polar surface area (TPSA) is 71.2 Å². The van der Waals surface area contributed by atoms with Gasteiger partial charge in [-0.3, -0.25) is 0 Å². The van der Waals surface area contributed by atoms with Crippen molar-refractivity contribution in [1.82, 2.24) is 9.71 Å². The minimum atomic E-state index is -3.29. The van der Waals surface area contributed by atoms with Crippen molar-refractivity contribution in [3.05, 3.63) is 35.0 Å². The fourth-order valence-corrected chi connectivity index (χ4v) is 4.04. The molecule has 0 unspecified atom stereocenters. The molecular formula is C14H17ClN2O3S. The second kappa shape index (κ2) is 5.96. The Kier molecular flexibility index (Phi) is 4.21. The van der Waals surface area contributed by atoms with Crippen molar-refractivity contribution in [3.8, 4) is 0 Å². The average Bonchev–Trinajstić information content (AvgIpc) is 3.08. The van der Waals surface area contributed by atoms with Crippen molar-refractivity contribution in [2.45, 2.75) is 18.1 Å². The molecule has 0 bridgehead atoms. The number of fused-ring (bicyclic) bond motifs is 1. The molecule has 1 aliphatic heterocycles. The van der Waals surface area contributed by atoms with Gasteiger partial charge in [-0.25, -0.2) is 13.1 Å². The predicted octanol–water partition coefficient (Wildman–Crippen LogP) is 2.07. The summed E-state index contributed by atoms with van der Waals surface area (Å²) in [5.41, 5.74) is 2.05. The first-order valence-corrected chi connectivity index (χ1v) is 8.80. The number of benzene rings is 1. The van der Waals surface area contributed by atoms with Gasteiger partial charge in [0.2, 0.25) is 10.0 Å². The zero-order valence-corrected chi connectivity index (χ0v) is 13.0. The van der Waals surface area contributed by atoms with Crippen LogP contribution in [0.1, 0.15) is 12.0 Å². The van der Waals surface area contributed by atoms with Crippen LogP contribution in [0.25, 0.3) is 10.9 Å². The molecule has 7 heteroatoms. The van der Waals surface area contributed by atoms with Crippen molar-refractivity contribution < 1.29 is 13.2 Å². The molecular weight excluding hydrogens is 312 g/mol. The van der Waals surface area contributed by atoms with E-state index in [1.165, 1.54) is 0 Å². The van der Waals surface area contributed by atoms with Crippen molar-refractivity contribution in [2.24, 2.45) is 0 Å². The summed E-state index contributed by atoms with van der Waals surface area (Å²) >= 11 is 6.00. The number of ether oxygens (including phenoxy) is 1. The number of halogens is 1. The zero-order valence-electron chi connectivity index (χ0n) is 11.4. The first-order valence-electron chi connectivity index (χ1n) is 6.88. The molecule has 114 valence electrons. The number of hydrogen-bond donors (Lipinski definition) is 2. The van der Waals surface area contributed by atoms with Crippen molar-refractivity contribution in [2.75, 3.05) is 19.8 Å². The zero-order chi connectivity index (χ0) is 14.9. The summed E-state index contributed by atoms with van der Waals surface area (Å²) in [6.45, 7) is 1.18. The van der Waals surface area contributed by atoms with Gasteiger partial charge in [-0.2, -0.15) is 0 Å². The van der Waals surface area contributed by atoms with E-state index in [0.717, 1.165) is 16.5 Å². The molecule has 1 fully saturated rings. The summed E-state index contributed by atoms with van der Waals surface area (Å²) in [4.78, 5) is 3.16. The first-order chi connectivity index (χ1) is 10.1. The van der Waals surface area contributed by atoms with E-state index in [1.807, 2.05) is 24.4 Å². The van der Waals surface area contributed by atoms with Crippen LogP contribution in [0.2, 0.25) is 5.02 Å². The Balaban J connectivity index is 1.65. The Morgan fingerprint density at radius 3 is 3.05 bits per heavy atom. The minimum Gasteiger partial charge on any atom is -0.380 e. The lowest BCUT2D eigenvalue weighted by Crippen LogP contribution is -2.35. The van der Waals surface area contributed by atoms with Crippen molar-refractivity contribution >= 4 is 32.5 Å². The number of nitrogens with one attached hydrogen (secondary N) is 2. The molecule has 3 rings (SSSR count). The van der Waals surface area contributed by atoms with Gasteiger partial charge in [0, 0.05) is 35.3 Å². The summed E-state index contributed by atoms with van der Waals surface area (Å²) in [7, 11) is -3.29. The highest BCUT2D eigenvalue weighted by Gasteiger charge is 2.28. The van der Waals surface area contributed by atoms with E-state index in [2.05, 4.69) is 9.71 Å². The van der Waals surface area contributed by atoms with Gasteiger partial charge in [0.05, 0.1) is 6.61 Å². The lowest BCUT2D eigenvalue weighted by atomic mass is 10.1. The summed E-state index contributed by atoms with van der Waals surface area (Å²) in [5, 5.41) is 1.29. The lowest BCUT2D eigenvalue weighted by Gasteiger charge is -2.10. The molecule has 1 saturated heterocycles. The molecule has 1 aliphatic rings. The molecule has 5 nitrogen and oxygen atoms in total. The Morgan fingerprint density at radius 1 is 1.43 bits per heavy atom. The minimum absolute atomic E-state index is 0.290. The summed E-state index contributed by atoms with van der Waals surface area (Å²) < 4.78 is 31.9. The predicted molar refractivity (Wildman–Crippen MR) is 83.2 cm³/mol. The van der Waals surface area contributed by atoms with E-state index >= 15 is 0 Å². The Labute approximate surface area is 128 Å². The molecule has 0 spiro atoms. The number of H-pyrrole nitrogens is 1. The molecule has 0 aliphatic carbocycles. The molecule has 2 aromatic rings. The Morgan fingerprint density at radius 2 is 2.29 bits per heavy atom. The molecule has 21 heavy (non-hydrogen) atoms. The lowest BCUT2D eigenvalue weighted by molar-refractivity contribution is 0.198. The van der Waals surface area contributed by atoms with Crippen LogP contribution in [-0.4, -0.2) is 38.4 Å². The summed E-state index contributed by atoms with van der Waals surface area (Å²) in [6.07, 6.45) is 3.08. The average molecular weight is 329 g/mol. The standard InChI is InChI=1S/C14H17ClN2O3S/c15-11-1-2-14-13(7-11)10(8-16-14)3-5-17-21(18,19)12-4-6-20-9-12/h1-2,7-8,12,16-17H,3-6,9H2/t12-/m1/s1. The number of aromatic nitrogens is 1. The van der Waals surface area contributed by atoms with Gasteiger partial charge in [0.1, 0.15) is 5.25 Å². The number of hydrogen-bond acceptors (Lipinski definition) is 3. The highest BCUT2D eigenvalue weighted by Crippen LogP contribution is 2.22. The van der Waals surface area contributed by atoms with Crippen LogP contribution in [0.4, 0.5) is 0 Å². The monoisotopic (exact) mass is 328 g/mol. The third kappa shape index (κ3) is 3.23. The maximum absolute atomic E-state index is 12.1. The summed E-state index contributed by atoms with van der Waals surface area (Å²) in [6, 6.07) is 5.64. The molecule has 2 N–H and O–H groups in total. The van der Waals surface area contributed by atoms with Crippen LogP contribution in [0.5, 0.6) is 0 Å². The first kappa shape index (κ1) is 14.8. The molecule has 1 aromatic heterocycles. The maximum atomic E-state index is 12.1. The van der Waals surface area contributed by atoms with Crippen LogP contribution < -0.4 is 4.72 Å². The Hall–Kier alpha value is -1.08. The molecule has 0 radical (unpaired) electrons. The van der Waals surface area contributed by atoms with Gasteiger partial charge in [-0.15, -0.1) is 0 Å². The normalized spacial score (nSPS) is 19.4. The van der Waals surface area contributed by atoms with Gasteiger partial charge in [-0.1, -0.05) is 11.6 Å². The third-order valence-electron chi connectivity index (χ3n) is 3.75. The van der Waals surface area contributed by atoms with E-state index in [1.54, 1.807) is 0 Å². The highest BCUT2D eigenvalue weighted by molar-refractivity contribution is 7.90.